The lowest BCUT2D eigenvalue weighted by atomic mass is 10.1. The number of ether oxygens (including phenoxy) is 1. The molecule has 1 heterocycles. The molecule has 1 aromatic heterocycles. The number of anilines is 2. The third-order valence-electron chi connectivity index (χ3n) is 4.90. The van der Waals surface area contributed by atoms with Gasteiger partial charge in [-0.05, 0) is 61.0 Å². The van der Waals surface area contributed by atoms with Crippen LogP contribution in [0.3, 0.4) is 0 Å². The summed E-state index contributed by atoms with van der Waals surface area (Å²) in [5.41, 5.74) is 2.37. The molecule has 34 heavy (non-hydrogen) atoms. The van der Waals surface area contributed by atoms with Gasteiger partial charge in [0.15, 0.2) is 5.13 Å². The topological polar surface area (TPSA) is 80.3 Å². The highest BCUT2D eigenvalue weighted by Gasteiger charge is 2.17. The van der Waals surface area contributed by atoms with Crippen molar-refractivity contribution in [2.45, 2.75) is 23.5 Å². The molecular weight excluding hydrogens is 490 g/mol. The lowest BCUT2D eigenvalue weighted by Crippen LogP contribution is -2.22. The van der Waals surface area contributed by atoms with Crippen molar-refractivity contribution in [2.24, 2.45) is 0 Å². The molecule has 3 aromatic carbocycles. The summed E-state index contributed by atoms with van der Waals surface area (Å²) >= 11 is 8.71. The number of carbonyl (C=O) groups excluding carboxylic acids is 2. The van der Waals surface area contributed by atoms with Gasteiger partial charge in [0.1, 0.15) is 5.75 Å². The predicted octanol–water partition coefficient (Wildman–Crippen LogP) is 6.26. The van der Waals surface area contributed by atoms with Crippen LogP contribution in [0.15, 0.2) is 71.6 Å². The maximum Gasteiger partial charge on any atom is 0.239 e. The minimum Gasteiger partial charge on any atom is -0.497 e. The summed E-state index contributed by atoms with van der Waals surface area (Å²) in [6.45, 7) is 1.84. The fourth-order valence-electron chi connectivity index (χ4n) is 3.19. The standard InChI is InChI=1S/C25H22ClN3O3S2/c1-15(24(31)29-25-28-21-11-10-19(32-2)14-22(21)34-25)33-20-5-3-4-18(13-20)27-23(30)12-16-6-8-17(26)9-7-16/h3-11,13-15H,12H2,1-2H3,(H,27,30)(H,28,29,31). The van der Waals surface area contributed by atoms with Gasteiger partial charge in [-0.3, -0.25) is 9.59 Å². The van der Waals surface area contributed by atoms with E-state index in [1.54, 1.807) is 19.2 Å². The zero-order chi connectivity index (χ0) is 24.1. The molecule has 4 aromatic rings. The number of hydrogen-bond donors (Lipinski definition) is 2. The van der Waals surface area contributed by atoms with Gasteiger partial charge >= 0.3 is 0 Å². The minimum atomic E-state index is -0.360. The summed E-state index contributed by atoms with van der Waals surface area (Å²) in [6, 6.07) is 20.2. The van der Waals surface area contributed by atoms with E-state index in [0.29, 0.717) is 15.8 Å². The van der Waals surface area contributed by atoms with E-state index in [0.717, 1.165) is 26.4 Å². The van der Waals surface area contributed by atoms with E-state index in [1.165, 1.54) is 23.1 Å². The van der Waals surface area contributed by atoms with E-state index >= 15 is 0 Å². The van der Waals surface area contributed by atoms with E-state index in [2.05, 4.69) is 15.6 Å². The Morgan fingerprint density at radius 3 is 2.65 bits per heavy atom. The minimum absolute atomic E-state index is 0.122. The normalized spacial score (nSPS) is 11.7. The van der Waals surface area contributed by atoms with Crippen molar-refractivity contribution >= 4 is 67.5 Å². The van der Waals surface area contributed by atoms with Gasteiger partial charge in [0.05, 0.1) is 29.0 Å². The van der Waals surface area contributed by atoms with Crippen LogP contribution in [-0.4, -0.2) is 29.2 Å². The Labute approximate surface area is 210 Å². The van der Waals surface area contributed by atoms with Gasteiger partial charge in [0.2, 0.25) is 11.8 Å². The third-order valence-corrected chi connectivity index (χ3v) is 7.18. The molecule has 9 heteroatoms. The van der Waals surface area contributed by atoms with E-state index in [-0.39, 0.29) is 23.5 Å². The molecule has 0 fully saturated rings. The Kier molecular flexibility index (Phi) is 7.72. The van der Waals surface area contributed by atoms with Crippen LogP contribution in [-0.2, 0) is 16.0 Å². The van der Waals surface area contributed by atoms with Crippen LogP contribution in [0, 0.1) is 0 Å². The average molecular weight is 512 g/mol. The van der Waals surface area contributed by atoms with Crippen molar-refractivity contribution in [3.63, 3.8) is 0 Å². The summed E-state index contributed by atoms with van der Waals surface area (Å²) in [7, 11) is 1.61. The molecule has 0 spiro atoms. The molecule has 4 rings (SSSR count). The SMILES string of the molecule is COc1ccc2nc(NC(=O)C(C)Sc3cccc(NC(=O)Cc4ccc(Cl)cc4)c3)sc2c1. The molecule has 0 aliphatic rings. The van der Waals surface area contributed by atoms with Gasteiger partial charge in [0.25, 0.3) is 0 Å². The number of nitrogens with one attached hydrogen (secondary N) is 2. The largest absolute Gasteiger partial charge is 0.497 e. The molecule has 0 saturated carbocycles. The molecule has 174 valence electrons. The van der Waals surface area contributed by atoms with E-state index in [1.807, 2.05) is 61.5 Å². The molecule has 6 nitrogen and oxygen atoms in total. The maximum absolute atomic E-state index is 12.7. The number of methoxy groups -OCH3 is 1. The molecule has 0 saturated heterocycles. The number of hydrogen-bond acceptors (Lipinski definition) is 6. The van der Waals surface area contributed by atoms with Crippen molar-refractivity contribution in [3.8, 4) is 5.75 Å². The fraction of sp³-hybridized carbons (Fsp3) is 0.160. The second kappa shape index (κ2) is 10.9. The molecule has 2 N–H and O–H groups in total. The first-order valence-corrected chi connectivity index (χ1v) is 12.5. The lowest BCUT2D eigenvalue weighted by Gasteiger charge is -2.12. The zero-order valence-corrected chi connectivity index (χ0v) is 20.9. The Hall–Kier alpha value is -3.07. The quantitative estimate of drug-likeness (QED) is 0.273. The smallest absolute Gasteiger partial charge is 0.239 e. The van der Waals surface area contributed by atoms with Crippen molar-refractivity contribution in [2.75, 3.05) is 17.7 Å². The van der Waals surface area contributed by atoms with Crippen molar-refractivity contribution in [3.05, 3.63) is 77.3 Å². The van der Waals surface area contributed by atoms with Crippen molar-refractivity contribution in [1.82, 2.24) is 4.98 Å². The van der Waals surface area contributed by atoms with Gasteiger partial charge in [-0.2, -0.15) is 0 Å². The first-order chi connectivity index (χ1) is 16.4. The van der Waals surface area contributed by atoms with Crippen LogP contribution in [0.1, 0.15) is 12.5 Å². The number of amides is 2. The number of halogens is 1. The Balaban J connectivity index is 1.34. The van der Waals surface area contributed by atoms with Crippen molar-refractivity contribution in [1.29, 1.82) is 0 Å². The average Bonchev–Trinajstić information content (AvgIpc) is 3.22. The number of thioether (sulfide) groups is 1. The van der Waals surface area contributed by atoms with Gasteiger partial charge in [0, 0.05) is 15.6 Å². The summed E-state index contributed by atoms with van der Waals surface area (Å²) in [5, 5.41) is 6.62. The number of fused-ring (bicyclic) bond motifs is 1. The molecule has 0 radical (unpaired) electrons. The van der Waals surface area contributed by atoms with Crippen LogP contribution < -0.4 is 15.4 Å². The first kappa shape index (κ1) is 24.1. The Morgan fingerprint density at radius 2 is 1.88 bits per heavy atom. The van der Waals surface area contributed by atoms with E-state index in [9.17, 15) is 9.59 Å². The van der Waals surface area contributed by atoms with Crippen LogP contribution >= 0.6 is 34.7 Å². The monoisotopic (exact) mass is 511 g/mol. The third kappa shape index (κ3) is 6.28. The summed E-state index contributed by atoms with van der Waals surface area (Å²) < 4.78 is 6.18. The predicted molar refractivity (Wildman–Crippen MR) is 140 cm³/mol. The van der Waals surface area contributed by atoms with Crippen LogP contribution in [0.5, 0.6) is 5.75 Å². The molecule has 0 aliphatic carbocycles. The second-order valence-corrected chi connectivity index (χ2v) is 10.4. The van der Waals surface area contributed by atoms with Gasteiger partial charge in [-0.1, -0.05) is 41.1 Å². The maximum atomic E-state index is 12.7. The summed E-state index contributed by atoms with van der Waals surface area (Å²) in [4.78, 5) is 30.5. The first-order valence-electron chi connectivity index (χ1n) is 10.5. The summed E-state index contributed by atoms with van der Waals surface area (Å²) in [5.74, 6) is 0.481. The number of aromatic nitrogens is 1. The number of thiazole rings is 1. The number of benzene rings is 3. The number of rotatable bonds is 8. The highest BCUT2D eigenvalue weighted by atomic mass is 35.5. The Bertz CT molecular complexity index is 1320. The highest BCUT2D eigenvalue weighted by molar-refractivity contribution is 8.00. The van der Waals surface area contributed by atoms with Crippen LogP contribution in [0.25, 0.3) is 10.2 Å². The van der Waals surface area contributed by atoms with Gasteiger partial charge in [-0.25, -0.2) is 4.98 Å². The number of nitrogens with zero attached hydrogens (tertiary/aromatic N) is 1. The molecule has 1 unspecified atom stereocenters. The molecule has 0 bridgehead atoms. The molecule has 0 aliphatic heterocycles. The molecule has 2 amide bonds. The zero-order valence-electron chi connectivity index (χ0n) is 18.5. The van der Waals surface area contributed by atoms with Gasteiger partial charge < -0.3 is 15.4 Å². The van der Waals surface area contributed by atoms with Crippen molar-refractivity contribution < 1.29 is 14.3 Å². The second-order valence-electron chi connectivity index (χ2n) is 7.48. The Morgan fingerprint density at radius 1 is 1.09 bits per heavy atom. The van der Waals surface area contributed by atoms with Crippen LogP contribution in [0.2, 0.25) is 5.02 Å². The van der Waals surface area contributed by atoms with E-state index in [4.69, 9.17) is 16.3 Å². The summed E-state index contributed by atoms with van der Waals surface area (Å²) in [6.07, 6.45) is 0.251. The van der Waals surface area contributed by atoms with Crippen LogP contribution in [0.4, 0.5) is 10.8 Å². The molecule has 1 atom stereocenters. The number of carbonyl (C=O) groups is 2. The lowest BCUT2D eigenvalue weighted by molar-refractivity contribution is -0.116. The fourth-order valence-corrected chi connectivity index (χ4v) is 5.14. The molecular formula is C25H22ClN3O3S2. The highest BCUT2D eigenvalue weighted by Crippen LogP contribution is 2.31. The van der Waals surface area contributed by atoms with E-state index < -0.39 is 0 Å². The van der Waals surface area contributed by atoms with Gasteiger partial charge in [-0.15, -0.1) is 11.8 Å².